The molecular weight excluding hydrogens is 488 g/mol. The van der Waals surface area contributed by atoms with Gasteiger partial charge in [-0.1, -0.05) is 0 Å². The first-order valence-electron chi connectivity index (χ1n) is 11.8. The number of carbonyl (C=O) groups excluding carboxylic acids is 2. The minimum Gasteiger partial charge on any atom is -0.754 e. The summed E-state index contributed by atoms with van der Waals surface area (Å²) in [5.74, 6) is 0.933. The topological polar surface area (TPSA) is 123 Å². The summed E-state index contributed by atoms with van der Waals surface area (Å²) in [6, 6.07) is 6.59. The van der Waals surface area contributed by atoms with Gasteiger partial charge in [-0.15, -0.1) is 11.3 Å². The number of fused-ring (bicyclic) bond motifs is 1. The largest absolute Gasteiger partial charge is 0.754 e. The number of aryl methyl sites for hydroxylation is 1. The second-order valence-corrected chi connectivity index (χ2v) is 11.0. The molecule has 3 aliphatic rings. The van der Waals surface area contributed by atoms with Gasteiger partial charge in [0, 0.05) is 29.5 Å². The molecule has 35 heavy (non-hydrogen) atoms. The van der Waals surface area contributed by atoms with Crippen molar-refractivity contribution in [3.8, 4) is 5.75 Å². The molecule has 1 aromatic carbocycles. The van der Waals surface area contributed by atoms with Gasteiger partial charge in [0.25, 0.3) is 5.91 Å². The second kappa shape index (κ2) is 10.1. The Labute approximate surface area is 210 Å². The van der Waals surface area contributed by atoms with E-state index in [-0.39, 0.29) is 17.7 Å². The van der Waals surface area contributed by atoms with Gasteiger partial charge in [-0.25, -0.2) is 0 Å². The van der Waals surface area contributed by atoms with Crippen LogP contribution in [0.4, 0.5) is 10.7 Å². The molecule has 9 nitrogen and oxygen atoms in total. The van der Waals surface area contributed by atoms with E-state index < -0.39 is 11.3 Å². The Kier molecular flexibility index (Phi) is 6.90. The van der Waals surface area contributed by atoms with Crippen LogP contribution < -0.4 is 19.8 Å². The number of nitrogens with one attached hydrogen (secondary N) is 2. The molecule has 0 bridgehead atoms. The molecule has 0 aliphatic heterocycles. The van der Waals surface area contributed by atoms with Crippen molar-refractivity contribution >= 4 is 50.8 Å². The van der Waals surface area contributed by atoms with Gasteiger partial charge in [0.2, 0.25) is 5.91 Å². The first kappa shape index (κ1) is 24.0. The lowest BCUT2D eigenvalue weighted by molar-refractivity contribution is -0.117. The molecular formula is C24H27N4O5S2-. The van der Waals surface area contributed by atoms with Gasteiger partial charge in [-0.2, -0.15) is 9.52 Å². The zero-order chi connectivity index (χ0) is 24.5. The van der Waals surface area contributed by atoms with Gasteiger partial charge in [0.05, 0.1) is 29.6 Å². The SMILES string of the molecule is COc1ccc(N(N=C2CCc3sc(NC(=O)C4CC4)c(C(=O)NCC4CC4)c3C2)S(=O)[O-])cc1. The van der Waals surface area contributed by atoms with Crippen LogP contribution in [0.1, 0.15) is 52.9 Å². The minimum atomic E-state index is -2.62. The molecule has 11 heteroatoms. The van der Waals surface area contributed by atoms with E-state index in [2.05, 4.69) is 15.7 Å². The summed E-state index contributed by atoms with van der Waals surface area (Å²) in [7, 11) is 1.54. The summed E-state index contributed by atoms with van der Waals surface area (Å²) in [6.07, 6.45) is 5.55. The van der Waals surface area contributed by atoms with Gasteiger partial charge in [-0.05, 0) is 74.3 Å². The van der Waals surface area contributed by atoms with Crippen molar-refractivity contribution < 1.29 is 23.1 Å². The maximum atomic E-state index is 13.2. The highest BCUT2D eigenvalue weighted by atomic mass is 32.2. The highest BCUT2D eigenvalue weighted by Gasteiger charge is 2.34. The standard InChI is InChI=1S/C24H28N4O5S2/c1-33-18-9-7-17(8-10-18)28(35(31)32)27-16-6-11-20-19(12-16)21(23(30)25-13-14-2-3-14)24(34-20)26-22(29)15-4-5-15/h7-10,14-15H,2-6,11-13H2,1H3,(H,25,30)(H,26,29)(H,31,32)/p-1. The monoisotopic (exact) mass is 515 g/mol. The molecule has 1 heterocycles. The van der Waals surface area contributed by atoms with Crippen molar-refractivity contribution in [3.05, 3.63) is 40.3 Å². The number of benzene rings is 1. The average molecular weight is 516 g/mol. The Balaban J connectivity index is 1.42. The third kappa shape index (κ3) is 5.57. The van der Waals surface area contributed by atoms with Gasteiger partial charge >= 0.3 is 0 Å². The summed E-state index contributed by atoms with van der Waals surface area (Å²) < 4.78 is 30.1. The first-order valence-corrected chi connectivity index (χ1v) is 13.6. The number of thiophene rings is 1. The van der Waals surface area contributed by atoms with E-state index in [4.69, 9.17) is 4.74 Å². The van der Waals surface area contributed by atoms with Gasteiger partial charge < -0.3 is 19.9 Å². The molecule has 2 amide bonds. The lowest BCUT2D eigenvalue weighted by Gasteiger charge is -2.24. The molecule has 2 N–H and O–H groups in total. The third-order valence-electron chi connectivity index (χ3n) is 6.44. The fourth-order valence-corrected chi connectivity index (χ4v) is 5.78. The van der Waals surface area contributed by atoms with Crippen LogP contribution in [0.2, 0.25) is 0 Å². The van der Waals surface area contributed by atoms with E-state index in [0.717, 1.165) is 40.5 Å². The molecule has 2 fully saturated rings. The predicted octanol–water partition coefficient (Wildman–Crippen LogP) is 3.39. The van der Waals surface area contributed by atoms with Crippen molar-refractivity contribution in [2.24, 2.45) is 16.9 Å². The lowest BCUT2D eigenvalue weighted by atomic mass is 9.93. The van der Waals surface area contributed by atoms with Crippen molar-refractivity contribution in [1.29, 1.82) is 0 Å². The quantitative estimate of drug-likeness (QED) is 0.391. The molecule has 2 saturated carbocycles. The third-order valence-corrected chi connectivity index (χ3v) is 8.22. The Morgan fingerprint density at radius 2 is 1.94 bits per heavy atom. The number of amides is 2. The molecule has 186 valence electrons. The van der Waals surface area contributed by atoms with Crippen molar-refractivity contribution in [2.45, 2.75) is 44.9 Å². The zero-order valence-corrected chi connectivity index (χ0v) is 21.0. The van der Waals surface area contributed by atoms with Crippen LogP contribution in [0.5, 0.6) is 5.75 Å². The molecule has 0 spiro atoms. The number of hydrogen-bond acceptors (Lipinski definition) is 7. The number of carbonyl (C=O) groups is 2. The fourth-order valence-electron chi connectivity index (χ4n) is 4.09. The smallest absolute Gasteiger partial charge is 0.254 e. The molecule has 3 aliphatic carbocycles. The summed E-state index contributed by atoms with van der Waals surface area (Å²) in [6.45, 7) is 0.626. The average Bonchev–Trinajstić information content (AvgIpc) is 3.77. The van der Waals surface area contributed by atoms with Crippen LogP contribution in [0.25, 0.3) is 0 Å². The summed E-state index contributed by atoms with van der Waals surface area (Å²) >= 11 is -1.17. The Morgan fingerprint density at radius 3 is 2.57 bits per heavy atom. The molecule has 1 atom stereocenters. The highest BCUT2D eigenvalue weighted by Crippen LogP contribution is 2.40. The fraction of sp³-hybridized carbons (Fsp3) is 0.458. The number of rotatable bonds is 9. The van der Waals surface area contributed by atoms with Crippen LogP contribution in [0, 0.1) is 11.8 Å². The molecule has 1 aromatic heterocycles. The number of nitrogens with zero attached hydrogens (tertiary/aromatic N) is 2. The van der Waals surface area contributed by atoms with Gasteiger partial charge in [0.15, 0.2) is 0 Å². The second-order valence-electron chi connectivity index (χ2n) is 9.16. The normalized spacial score (nSPS) is 19.1. The Hall–Kier alpha value is -2.76. The maximum absolute atomic E-state index is 13.2. The number of methoxy groups -OCH3 is 1. The van der Waals surface area contributed by atoms with Crippen LogP contribution in [0.15, 0.2) is 29.4 Å². The summed E-state index contributed by atoms with van der Waals surface area (Å²) in [5, 5.41) is 11.0. The van der Waals surface area contributed by atoms with Crippen molar-refractivity contribution in [1.82, 2.24) is 5.32 Å². The number of ether oxygens (including phenoxy) is 1. The predicted molar refractivity (Wildman–Crippen MR) is 135 cm³/mol. The number of hydrogen-bond donors (Lipinski definition) is 2. The minimum absolute atomic E-state index is 0.0266. The van der Waals surface area contributed by atoms with E-state index in [0.29, 0.717) is 59.4 Å². The Morgan fingerprint density at radius 1 is 1.20 bits per heavy atom. The maximum Gasteiger partial charge on any atom is 0.254 e. The van der Waals surface area contributed by atoms with E-state index >= 15 is 0 Å². The van der Waals surface area contributed by atoms with E-state index in [1.807, 2.05) is 0 Å². The van der Waals surface area contributed by atoms with Crippen LogP contribution in [-0.2, 0) is 28.9 Å². The van der Waals surface area contributed by atoms with Crippen LogP contribution in [-0.4, -0.2) is 39.9 Å². The van der Waals surface area contributed by atoms with Crippen molar-refractivity contribution in [3.63, 3.8) is 0 Å². The lowest BCUT2D eigenvalue weighted by Crippen LogP contribution is -2.29. The van der Waals surface area contributed by atoms with Gasteiger partial charge in [0.1, 0.15) is 10.8 Å². The van der Waals surface area contributed by atoms with Crippen LogP contribution >= 0.6 is 11.3 Å². The molecule has 1 unspecified atom stereocenters. The summed E-state index contributed by atoms with van der Waals surface area (Å²) in [4.78, 5) is 26.7. The molecule has 2 aromatic rings. The first-order chi connectivity index (χ1) is 16.9. The number of anilines is 2. The van der Waals surface area contributed by atoms with Gasteiger partial charge in [-0.3, -0.25) is 13.8 Å². The molecule has 5 rings (SSSR count). The molecule has 0 radical (unpaired) electrons. The summed E-state index contributed by atoms with van der Waals surface area (Å²) in [5.41, 5.74) is 2.37. The Bertz CT molecular complexity index is 1190. The zero-order valence-electron chi connectivity index (χ0n) is 19.4. The van der Waals surface area contributed by atoms with E-state index in [1.54, 1.807) is 31.4 Å². The van der Waals surface area contributed by atoms with E-state index in [1.165, 1.54) is 11.3 Å². The number of hydrazone groups is 1. The molecule has 0 saturated heterocycles. The van der Waals surface area contributed by atoms with Crippen molar-refractivity contribution in [2.75, 3.05) is 23.4 Å². The van der Waals surface area contributed by atoms with E-state index in [9.17, 15) is 18.4 Å². The van der Waals surface area contributed by atoms with Crippen LogP contribution in [0.3, 0.4) is 0 Å². The highest BCUT2D eigenvalue weighted by molar-refractivity contribution is 7.80.